The highest BCUT2D eigenvalue weighted by Gasteiger charge is 2.14. The predicted molar refractivity (Wildman–Crippen MR) is 67.9 cm³/mol. The van der Waals surface area contributed by atoms with Crippen LogP contribution in [0.3, 0.4) is 0 Å². The van der Waals surface area contributed by atoms with Gasteiger partial charge in [0.2, 0.25) is 0 Å². The Morgan fingerprint density at radius 2 is 2.24 bits per heavy atom. The van der Waals surface area contributed by atoms with E-state index in [4.69, 9.17) is 0 Å². The first-order valence-corrected chi connectivity index (χ1v) is 7.70. The van der Waals surface area contributed by atoms with Crippen LogP contribution >= 0.6 is 27.3 Å². The molecule has 0 spiro atoms. The highest BCUT2D eigenvalue weighted by atomic mass is 79.9. The summed E-state index contributed by atoms with van der Waals surface area (Å²) in [6, 6.07) is 3.59. The van der Waals surface area contributed by atoms with Crippen molar-refractivity contribution < 1.29 is 17.9 Å². The quantitative estimate of drug-likeness (QED) is 0.850. The van der Waals surface area contributed by atoms with Gasteiger partial charge in [0.1, 0.15) is 0 Å². The number of halogens is 1. The van der Waals surface area contributed by atoms with E-state index in [1.54, 1.807) is 17.7 Å². The molecule has 0 radical (unpaired) electrons. The Kier molecular flexibility index (Phi) is 5.37. The summed E-state index contributed by atoms with van der Waals surface area (Å²) < 4.78 is 32.1. The molecule has 96 valence electrons. The normalized spacial score (nSPS) is 11.2. The van der Waals surface area contributed by atoms with Gasteiger partial charge in [-0.2, -0.15) is 13.1 Å². The molecule has 0 aliphatic carbocycles. The molecule has 0 unspecified atom stereocenters. The van der Waals surface area contributed by atoms with Crippen molar-refractivity contribution in [1.82, 2.24) is 9.44 Å². The van der Waals surface area contributed by atoms with Gasteiger partial charge in [0.25, 0.3) is 0 Å². The number of ether oxygens (including phenoxy) is 1. The minimum absolute atomic E-state index is 0.110. The Balaban J connectivity index is 2.47. The van der Waals surface area contributed by atoms with Crippen LogP contribution in [0, 0.1) is 0 Å². The zero-order valence-corrected chi connectivity index (χ0v) is 12.1. The van der Waals surface area contributed by atoms with E-state index in [0.717, 1.165) is 8.66 Å². The molecular formula is C8H11BrN2O4S2. The molecule has 0 atom stereocenters. The van der Waals surface area contributed by atoms with Crippen molar-refractivity contribution in [3.8, 4) is 0 Å². The Morgan fingerprint density at radius 1 is 1.53 bits per heavy atom. The van der Waals surface area contributed by atoms with Gasteiger partial charge >= 0.3 is 16.3 Å². The number of rotatable bonds is 5. The first-order valence-electron chi connectivity index (χ1n) is 4.61. The zero-order valence-electron chi connectivity index (χ0n) is 8.90. The second-order valence-corrected chi connectivity index (χ2v) is 6.90. The van der Waals surface area contributed by atoms with Crippen molar-refractivity contribution in [3.63, 3.8) is 0 Å². The lowest BCUT2D eigenvalue weighted by atomic mass is 10.5. The summed E-state index contributed by atoms with van der Waals surface area (Å²) in [6.07, 6.45) is -0.993. The first-order chi connectivity index (χ1) is 7.93. The van der Waals surface area contributed by atoms with Crippen molar-refractivity contribution in [2.45, 2.75) is 13.5 Å². The maximum atomic E-state index is 11.4. The second kappa shape index (κ2) is 6.34. The second-order valence-electron chi connectivity index (χ2n) is 2.85. The smallest absolute Gasteiger partial charge is 0.421 e. The first kappa shape index (κ1) is 14.4. The molecule has 17 heavy (non-hydrogen) atoms. The summed E-state index contributed by atoms with van der Waals surface area (Å²) in [6.45, 7) is 1.81. The van der Waals surface area contributed by atoms with E-state index < -0.39 is 16.3 Å². The Labute approximate surface area is 112 Å². The zero-order chi connectivity index (χ0) is 12.9. The topological polar surface area (TPSA) is 84.5 Å². The van der Waals surface area contributed by atoms with Gasteiger partial charge in [-0.05, 0) is 35.0 Å². The monoisotopic (exact) mass is 342 g/mol. The Hall–Kier alpha value is -0.640. The highest BCUT2D eigenvalue weighted by Crippen LogP contribution is 2.21. The van der Waals surface area contributed by atoms with E-state index in [-0.39, 0.29) is 13.2 Å². The predicted octanol–water partition coefficient (Wildman–Crippen LogP) is 1.59. The molecule has 0 aromatic carbocycles. The number of hydrogen-bond donors (Lipinski definition) is 2. The van der Waals surface area contributed by atoms with Gasteiger partial charge < -0.3 is 4.74 Å². The Bertz CT molecular complexity index is 485. The third kappa shape index (κ3) is 5.48. The summed E-state index contributed by atoms with van der Waals surface area (Å²) in [5.74, 6) is 0. The van der Waals surface area contributed by atoms with Gasteiger partial charge in [0.05, 0.1) is 10.4 Å². The minimum Gasteiger partial charge on any atom is -0.449 e. The molecule has 1 heterocycles. The van der Waals surface area contributed by atoms with Gasteiger partial charge in [-0.15, -0.1) is 11.3 Å². The van der Waals surface area contributed by atoms with E-state index in [9.17, 15) is 13.2 Å². The standard InChI is InChI=1S/C8H11BrN2O4S2/c1-2-15-8(12)11-17(13,14)10-5-6-3-4-7(9)16-6/h3-4,10H,2,5H2,1H3,(H,11,12). The van der Waals surface area contributed by atoms with Crippen LogP contribution in [0.15, 0.2) is 15.9 Å². The van der Waals surface area contributed by atoms with Crippen LogP contribution < -0.4 is 9.44 Å². The lowest BCUT2D eigenvalue weighted by Crippen LogP contribution is -2.40. The maximum Gasteiger partial charge on any atom is 0.421 e. The van der Waals surface area contributed by atoms with Gasteiger partial charge in [0, 0.05) is 11.4 Å². The summed E-state index contributed by atoms with van der Waals surface area (Å²) in [7, 11) is -3.88. The van der Waals surface area contributed by atoms with Crippen LogP contribution in [0.5, 0.6) is 0 Å². The average molecular weight is 343 g/mol. The van der Waals surface area contributed by atoms with E-state index in [2.05, 4.69) is 25.4 Å². The molecule has 2 N–H and O–H groups in total. The van der Waals surface area contributed by atoms with Crippen LogP contribution in [0.25, 0.3) is 0 Å². The average Bonchev–Trinajstić information content (AvgIpc) is 2.61. The molecule has 9 heteroatoms. The lowest BCUT2D eigenvalue weighted by Gasteiger charge is -2.06. The van der Waals surface area contributed by atoms with Crippen LogP contribution in [0.4, 0.5) is 4.79 Å². The molecule has 6 nitrogen and oxygen atoms in total. The molecule has 0 saturated heterocycles. The molecule has 1 rings (SSSR count). The summed E-state index contributed by atoms with van der Waals surface area (Å²) >= 11 is 4.67. The van der Waals surface area contributed by atoms with E-state index in [1.165, 1.54) is 11.3 Å². The number of carbonyl (C=O) groups is 1. The van der Waals surface area contributed by atoms with Gasteiger partial charge in [-0.3, -0.25) is 0 Å². The third-order valence-corrected chi connectivity index (χ3v) is 4.14. The number of nitrogens with one attached hydrogen (secondary N) is 2. The van der Waals surface area contributed by atoms with Gasteiger partial charge in [-0.25, -0.2) is 9.52 Å². The number of carbonyl (C=O) groups excluding carboxylic acids is 1. The minimum atomic E-state index is -3.88. The molecule has 1 aromatic heterocycles. The summed E-state index contributed by atoms with van der Waals surface area (Å²) in [4.78, 5) is 11.7. The van der Waals surface area contributed by atoms with Crippen LogP contribution in [0.1, 0.15) is 11.8 Å². The molecule has 0 aliphatic rings. The van der Waals surface area contributed by atoms with Crippen LogP contribution in [-0.2, 0) is 21.5 Å². The molecule has 1 amide bonds. The molecule has 0 saturated carbocycles. The van der Waals surface area contributed by atoms with E-state index >= 15 is 0 Å². The van der Waals surface area contributed by atoms with Crippen molar-refractivity contribution in [1.29, 1.82) is 0 Å². The number of thiophene rings is 1. The molecular weight excluding hydrogens is 332 g/mol. The summed E-state index contributed by atoms with van der Waals surface area (Å²) in [5, 5.41) is 0. The fourth-order valence-corrected chi connectivity index (χ4v) is 3.13. The van der Waals surface area contributed by atoms with Gasteiger partial charge in [0.15, 0.2) is 0 Å². The van der Waals surface area contributed by atoms with Crippen molar-refractivity contribution >= 4 is 43.6 Å². The van der Waals surface area contributed by atoms with Crippen molar-refractivity contribution in [2.24, 2.45) is 0 Å². The number of amides is 1. The van der Waals surface area contributed by atoms with Crippen molar-refractivity contribution in [2.75, 3.05) is 6.61 Å². The van der Waals surface area contributed by atoms with Crippen LogP contribution in [0.2, 0.25) is 0 Å². The van der Waals surface area contributed by atoms with E-state index in [1.807, 2.05) is 6.07 Å². The maximum absolute atomic E-state index is 11.4. The third-order valence-electron chi connectivity index (χ3n) is 1.56. The lowest BCUT2D eigenvalue weighted by molar-refractivity contribution is 0.158. The largest absolute Gasteiger partial charge is 0.449 e. The molecule has 0 aliphatic heterocycles. The molecule has 1 aromatic rings. The van der Waals surface area contributed by atoms with E-state index in [0.29, 0.717) is 0 Å². The fraction of sp³-hybridized carbons (Fsp3) is 0.375. The van der Waals surface area contributed by atoms with Crippen LogP contribution in [-0.4, -0.2) is 21.1 Å². The molecule has 0 bridgehead atoms. The fourth-order valence-electron chi connectivity index (χ4n) is 0.919. The van der Waals surface area contributed by atoms with Gasteiger partial charge in [-0.1, -0.05) is 0 Å². The van der Waals surface area contributed by atoms with Crippen molar-refractivity contribution in [3.05, 3.63) is 20.8 Å². The number of hydrogen-bond acceptors (Lipinski definition) is 5. The summed E-state index contributed by atoms with van der Waals surface area (Å²) in [5.41, 5.74) is 0. The SMILES string of the molecule is CCOC(=O)NS(=O)(=O)NCc1ccc(Br)s1. The molecule has 0 fully saturated rings. The Morgan fingerprint density at radius 3 is 2.76 bits per heavy atom. The highest BCUT2D eigenvalue weighted by molar-refractivity contribution is 9.11.